The third-order valence-corrected chi connectivity index (χ3v) is 6.21. The first-order valence-corrected chi connectivity index (χ1v) is 9.64. The van der Waals surface area contributed by atoms with Crippen molar-refractivity contribution in [2.75, 3.05) is 26.2 Å². The number of aromatic nitrogens is 2. The van der Waals surface area contributed by atoms with Crippen LogP contribution in [0.25, 0.3) is 0 Å². The minimum atomic E-state index is 0.0996. The average molecular weight is 365 g/mol. The third kappa shape index (κ3) is 3.36. The van der Waals surface area contributed by atoms with Gasteiger partial charge in [-0.25, -0.2) is 4.98 Å². The first-order valence-electron chi connectivity index (χ1n) is 8.44. The Balaban J connectivity index is 1.30. The molecular weight excluding hydrogens is 344 g/mol. The summed E-state index contributed by atoms with van der Waals surface area (Å²) in [7, 11) is 0. The lowest BCUT2D eigenvalue weighted by Crippen LogP contribution is -2.50. The van der Waals surface area contributed by atoms with Crippen LogP contribution < -0.4 is 0 Å². The summed E-state index contributed by atoms with van der Waals surface area (Å²) in [6.45, 7) is 5.35. The van der Waals surface area contributed by atoms with Gasteiger partial charge < -0.3 is 9.47 Å². The van der Waals surface area contributed by atoms with Crippen LogP contribution in [0, 0.1) is 5.92 Å². The molecule has 0 radical (unpaired) electrons. The molecule has 2 aliphatic rings. The van der Waals surface area contributed by atoms with Gasteiger partial charge in [0.1, 0.15) is 5.82 Å². The van der Waals surface area contributed by atoms with Crippen LogP contribution >= 0.6 is 22.9 Å². The Morgan fingerprint density at radius 2 is 2.08 bits per heavy atom. The van der Waals surface area contributed by atoms with E-state index in [0.29, 0.717) is 5.91 Å². The van der Waals surface area contributed by atoms with Gasteiger partial charge in [-0.15, -0.1) is 11.3 Å². The van der Waals surface area contributed by atoms with E-state index in [1.54, 1.807) is 11.3 Å². The van der Waals surface area contributed by atoms with E-state index >= 15 is 0 Å². The highest BCUT2D eigenvalue weighted by Crippen LogP contribution is 2.24. The SMILES string of the molecule is O=C([C@@H]1CCn2ccnc2C1)N1CCN(Cc2ccc(Cl)s2)CC1. The second kappa shape index (κ2) is 6.86. The average Bonchev–Trinajstić information content (AvgIpc) is 3.23. The summed E-state index contributed by atoms with van der Waals surface area (Å²) in [5.74, 6) is 1.46. The highest BCUT2D eigenvalue weighted by atomic mass is 35.5. The molecule has 0 saturated carbocycles. The fraction of sp³-hybridized carbons (Fsp3) is 0.529. The normalized spacial score (nSPS) is 21.7. The maximum atomic E-state index is 12.8. The maximum absolute atomic E-state index is 12.8. The number of aryl methyl sites for hydroxylation is 1. The van der Waals surface area contributed by atoms with E-state index in [9.17, 15) is 4.79 Å². The van der Waals surface area contributed by atoms with Gasteiger partial charge in [0.05, 0.1) is 4.34 Å². The number of halogens is 1. The van der Waals surface area contributed by atoms with E-state index in [2.05, 4.69) is 20.5 Å². The van der Waals surface area contributed by atoms with E-state index in [0.717, 1.165) is 62.3 Å². The van der Waals surface area contributed by atoms with E-state index in [4.69, 9.17) is 11.6 Å². The van der Waals surface area contributed by atoms with E-state index in [-0.39, 0.29) is 5.92 Å². The van der Waals surface area contributed by atoms with Gasteiger partial charge >= 0.3 is 0 Å². The number of piperazine rings is 1. The minimum Gasteiger partial charge on any atom is -0.340 e. The van der Waals surface area contributed by atoms with Crippen molar-refractivity contribution in [3.8, 4) is 0 Å². The van der Waals surface area contributed by atoms with Crippen LogP contribution in [0.4, 0.5) is 0 Å². The Hall–Kier alpha value is -1.37. The van der Waals surface area contributed by atoms with Crippen molar-refractivity contribution in [1.82, 2.24) is 19.4 Å². The zero-order valence-electron chi connectivity index (χ0n) is 13.5. The fourth-order valence-electron chi connectivity index (χ4n) is 3.60. The van der Waals surface area contributed by atoms with E-state index in [1.807, 2.05) is 23.4 Å². The Morgan fingerprint density at radius 3 is 2.83 bits per heavy atom. The molecule has 0 aromatic carbocycles. The zero-order chi connectivity index (χ0) is 16.5. The van der Waals surface area contributed by atoms with Crippen molar-refractivity contribution in [2.45, 2.75) is 25.9 Å². The molecule has 0 bridgehead atoms. The molecule has 1 atom stereocenters. The van der Waals surface area contributed by atoms with Gasteiger partial charge in [-0.05, 0) is 18.6 Å². The van der Waals surface area contributed by atoms with Crippen LogP contribution in [0.5, 0.6) is 0 Å². The minimum absolute atomic E-state index is 0.0996. The maximum Gasteiger partial charge on any atom is 0.226 e. The molecule has 4 rings (SSSR count). The van der Waals surface area contributed by atoms with E-state index < -0.39 is 0 Å². The zero-order valence-corrected chi connectivity index (χ0v) is 15.1. The Labute approximate surface area is 150 Å². The Morgan fingerprint density at radius 1 is 1.25 bits per heavy atom. The number of nitrogens with zero attached hydrogens (tertiary/aromatic N) is 4. The molecule has 24 heavy (non-hydrogen) atoms. The molecule has 7 heteroatoms. The van der Waals surface area contributed by atoms with Gasteiger partial charge in [0.25, 0.3) is 0 Å². The number of carbonyl (C=O) groups is 1. The highest BCUT2D eigenvalue weighted by molar-refractivity contribution is 7.16. The summed E-state index contributed by atoms with van der Waals surface area (Å²) in [5.41, 5.74) is 0. The number of hydrogen-bond acceptors (Lipinski definition) is 4. The quantitative estimate of drug-likeness (QED) is 0.840. The number of hydrogen-bond donors (Lipinski definition) is 0. The molecule has 4 heterocycles. The first kappa shape index (κ1) is 16.1. The van der Waals surface area contributed by atoms with Crippen LogP contribution in [0.3, 0.4) is 0 Å². The lowest BCUT2D eigenvalue weighted by Gasteiger charge is -2.37. The number of thiophene rings is 1. The largest absolute Gasteiger partial charge is 0.340 e. The first-order chi connectivity index (χ1) is 11.7. The standard InChI is InChI=1S/C17H21ClN4OS/c18-15-2-1-14(24-15)12-20-7-9-22(10-8-20)17(23)13-3-5-21-6-4-19-16(21)11-13/h1-2,4,6,13H,3,5,7-12H2/t13-/m1/s1. The lowest BCUT2D eigenvalue weighted by atomic mass is 9.96. The summed E-state index contributed by atoms with van der Waals surface area (Å²) < 4.78 is 3.00. The Bertz CT molecular complexity index is 720. The van der Waals surface area contributed by atoms with Crippen LogP contribution in [-0.4, -0.2) is 51.4 Å². The molecule has 2 aromatic rings. The molecule has 5 nitrogen and oxygen atoms in total. The predicted molar refractivity (Wildman–Crippen MR) is 95.2 cm³/mol. The molecular formula is C17H21ClN4OS. The van der Waals surface area contributed by atoms with Crippen molar-refractivity contribution < 1.29 is 4.79 Å². The van der Waals surface area contributed by atoms with Crippen LogP contribution in [0.2, 0.25) is 4.34 Å². The van der Waals surface area contributed by atoms with Gasteiger partial charge in [-0.3, -0.25) is 9.69 Å². The third-order valence-electron chi connectivity index (χ3n) is 4.99. The molecule has 1 saturated heterocycles. The van der Waals surface area contributed by atoms with Gasteiger partial charge in [-0.2, -0.15) is 0 Å². The molecule has 2 aliphatic heterocycles. The molecule has 0 N–H and O–H groups in total. The molecule has 1 amide bonds. The number of carbonyl (C=O) groups excluding carboxylic acids is 1. The smallest absolute Gasteiger partial charge is 0.226 e. The number of fused-ring (bicyclic) bond motifs is 1. The molecule has 128 valence electrons. The van der Waals surface area contributed by atoms with Crippen molar-refractivity contribution in [1.29, 1.82) is 0 Å². The Kier molecular flexibility index (Phi) is 4.61. The molecule has 1 fully saturated rings. The van der Waals surface area contributed by atoms with Gasteiger partial charge in [0.15, 0.2) is 0 Å². The topological polar surface area (TPSA) is 41.4 Å². The molecule has 0 unspecified atom stereocenters. The van der Waals surface area contributed by atoms with Crippen molar-refractivity contribution in [2.24, 2.45) is 5.92 Å². The number of imidazole rings is 1. The summed E-state index contributed by atoms with van der Waals surface area (Å²) in [6.07, 6.45) is 5.54. The number of rotatable bonds is 3. The van der Waals surface area contributed by atoms with Crippen LogP contribution in [-0.2, 0) is 24.3 Å². The molecule has 0 aliphatic carbocycles. The second-order valence-electron chi connectivity index (χ2n) is 6.53. The summed E-state index contributed by atoms with van der Waals surface area (Å²) >= 11 is 7.64. The van der Waals surface area contributed by atoms with Crippen LogP contribution in [0.1, 0.15) is 17.1 Å². The van der Waals surface area contributed by atoms with Crippen molar-refractivity contribution in [3.05, 3.63) is 39.6 Å². The summed E-state index contributed by atoms with van der Waals surface area (Å²) in [6, 6.07) is 4.04. The molecule has 2 aromatic heterocycles. The molecule has 0 spiro atoms. The van der Waals surface area contributed by atoms with Gasteiger partial charge in [-0.1, -0.05) is 11.6 Å². The van der Waals surface area contributed by atoms with Crippen molar-refractivity contribution >= 4 is 28.8 Å². The summed E-state index contributed by atoms with van der Waals surface area (Å²) in [5, 5.41) is 0. The van der Waals surface area contributed by atoms with Gasteiger partial charge in [0.2, 0.25) is 5.91 Å². The lowest BCUT2D eigenvalue weighted by molar-refractivity contribution is -0.138. The van der Waals surface area contributed by atoms with Gasteiger partial charge in [0, 0.05) is 68.9 Å². The van der Waals surface area contributed by atoms with E-state index in [1.165, 1.54) is 4.88 Å². The predicted octanol–water partition coefficient (Wildman–Crippen LogP) is 2.50. The second-order valence-corrected chi connectivity index (χ2v) is 8.33. The summed E-state index contributed by atoms with van der Waals surface area (Å²) in [4.78, 5) is 22.9. The monoisotopic (exact) mass is 364 g/mol. The van der Waals surface area contributed by atoms with Crippen LogP contribution in [0.15, 0.2) is 24.5 Å². The number of amides is 1. The fourth-order valence-corrected chi connectivity index (χ4v) is 4.73. The van der Waals surface area contributed by atoms with Crippen molar-refractivity contribution in [3.63, 3.8) is 0 Å². The highest BCUT2D eigenvalue weighted by Gasteiger charge is 2.30.